The van der Waals surface area contributed by atoms with Crippen LogP contribution in [0.2, 0.25) is 5.02 Å². The number of alkyl halides is 3. The van der Waals surface area contributed by atoms with Crippen molar-refractivity contribution in [2.45, 2.75) is 12.3 Å². The molecule has 26 heavy (non-hydrogen) atoms. The highest BCUT2D eigenvalue weighted by Crippen LogP contribution is 2.33. The Balaban J connectivity index is 1.78. The van der Waals surface area contributed by atoms with Crippen LogP contribution in [-0.4, -0.2) is 29.6 Å². The molecule has 1 aromatic heterocycles. The lowest BCUT2D eigenvalue weighted by molar-refractivity contribution is -0.385. The van der Waals surface area contributed by atoms with Crippen molar-refractivity contribution in [3.05, 3.63) is 62.8 Å². The number of nitrogens with zero attached hydrogens (tertiary/aromatic N) is 3. The van der Waals surface area contributed by atoms with Gasteiger partial charge in [-0.05, 0) is 17.7 Å². The third kappa shape index (κ3) is 3.88. The molecule has 0 amide bonds. The Labute approximate surface area is 151 Å². The number of benzene rings is 1. The van der Waals surface area contributed by atoms with Crippen molar-refractivity contribution < 1.29 is 22.8 Å². The molecule has 1 saturated heterocycles. The van der Waals surface area contributed by atoms with Gasteiger partial charge in [0, 0.05) is 19.2 Å². The van der Waals surface area contributed by atoms with Crippen molar-refractivity contribution in [1.29, 1.82) is 0 Å². The summed E-state index contributed by atoms with van der Waals surface area (Å²) < 4.78 is 43.6. The number of nitro groups is 1. The van der Waals surface area contributed by atoms with Gasteiger partial charge in [0.25, 0.3) is 5.69 Å². The monoisotopic (exact) mass is 387 g/mol. The van der Waals surface area contributed by atoms with Gasteiger partial charge in [0.05, 0.1) is 22.1 Å². The highest BCUT2D eigenvalue weighted by Gasteiger charge is 2.31. The predicted octanol–water partition coefficient (Wildman–Crippen LogP) is 4.24. The molecular formula is C16H13ClF3N3O3. The zero-order valence-electron chi connectivity index (χ0n) is 13.2. The predicted molar refractivity (Wildman–Crippen MR) is 88.3 cm³/mol. The first-order valence-corrected chi connectivity index (χ1v) is 7.97. The van der Waals surface area contributed by atoms with Crippen LogP contribution in [-0.2, 0) is 10.9 Å². The van der Waals surface area contributed by atoms with Gasteiger partial charge in [0.1, 0.15) is 18.1 Å². The van der Waals surface area contributed by atoms with Crippen LogP contribution >= 0.6 is 11.6 Å². The largest absolute Gasteiger partial charge is 0.416 e. The van der Waals surface area contributed by atoms with E-state index in [0.29, 0.717) is 31.1 Å². The molecule has 0 N–H and O–H groups in total. The molecule has 2 heterocycles. The van der Waals surface area contributed by atoms with Gasteiger partial charge >= 0.3 is 6.18 Å². The van der Waals surface area contributed by atoms with E-state index in [1.54, 1.807) is 4.90 Å². The van der Waals surface area contributed by atoms with Crippen LogP contribution in [0.5, 0.6) is 0 Å². The number of aromatic nitrogens is 1. The molecule has 2 aromatic rings. The van der Waals surface area contributed by atoms with E-state index in [1.165, 1.54) is 18.2 Å². The average Bonchev–Trinajstić information content (AvgIpc) is 2.61. The zero-order chi connectivity index (χ0) is 18.9. The lowest BCUT2D eigenvalue weighted by Gasteiger charge is -2.34. The van der Waals surface area contributed by atoms with E-state index in [9.17, 15) is 23.3 Å². The van der Waals surface area contributed by atoms with Gasteiger partial charge in [0.15, 0.2) is 0 Å². The third-order valence-electron chi connectivity index (χ3n) is 3.99. The first-order chi connectivity index (χ1) is 12.3. The molecule has 10 heteroatoms. The van der Waals surface area contributed by atoms with E-state index in [1.807, 2.05) is 0 Å². The second kappa shape index (κ2) is 7.08. The Morgan fingerprint density at radius 1 is 1.31 bits per heavy atom. The summed E-state index contributed by atoms with van der Waals surface area (Å²) in [5, 5.41) is 10.9. The number of hydrogen-bond donors (Lipinski definition) is 0. The maximum Gasteiger partial charge on any atom is 0.416 e. The highest BCUT2D eigenvalue weighted by atomic mass is 35.5. The van der Waals surface area contributed by atoms with Gasteiger partial charge in [0.2, 0.25) is 0 Å². The Bertz CT molecular complexity index is 815. The Hall–Kier alpha value is -2.39. The molecular weight excluding hydrogens is 375 g/mol. The van der Waals surface area contributed by atoms with Crippen LogP contribution in [0, 0.1) is 10.1 Å². The van der Waals surface area contributed by atoms with Crippen molar-refractivity contribution in [1.82, 2.24) is 4.98 Å². The maximum absolute atomic E-state index is 12.7. The summed E-state index contributed by atoms with van der Waals surface area (Å²) in [4.78, 5) is 16.0. The SMILES string of the molecule is O=[N+]([O-])c1cnc(N2CCOC(c3ccc(C(F)(F)F)cc3)C2)c(Cl)c1. The van der Waals surface area contributed by atoms with Crippen LogP contribution in [0.15, 0.2) is 36.5 Å². The molecule has 1 unspecified atom stereocenters. The van der Waals surface area contributed by atoms with Crippen molar-refractivity contribution in [2.24, 2.45) is 0 Å². The molecule has 0 radical (unpaired) electrons. The Morgan fingerprint density at radius 2 is 2.00 bits per heavy atom. The lowest BCUT2D eigenvalue weighted by Crippen LogP contribution is -2.39. The summed E-state index contributed by atoms with van der Waals surface area (Å²) in [6.07, 6.45) is -3.74. The lowest BCUT2D eigenvalue weighted by atomic mass is 10.1. The number of hydrogen-bond acceptors (Lipinski definition) is 5. The van der Waals surface area contributed by atoms with E-state index in [-0.39, 0.29) is 10.7 Å². The normalized spacial score (nSPS) is 18.0. The summed E-state index contributed by atoms with van der Waals surface area (Å²) >= 11 is 6.10. The molecule has 0 aliphatic carbocycles. The molecule has 0 bridgehead atoms. The van der Waals surface area contributed by atoms with Gasteiger partial charge in [-0.2, -0.15) is 13.2 Å². The fourth-order valence-corrected chi connectivity index (χ4v) is 2.96. The quantitative estimate of drug-likeness (QED) is 0.582. The molecule has 1 aliphatic rings. The van der Waals surface area contributed by atoms with Crippen molar-refractivity contribution >= 4 is 23.1 Å². The van der Waals surface area contributed by atoms with Crippen LogP contribution in [0.1, 0.15) is 17.2 Å². The molecule has 1 aliphatic heterocycles. The molecule has 0 spiro atoms. The molecule has 0 saturated carbocycles. The van der Waals surface area contributed by atoms with Gasteiger partial charge in [-0.15, -0.1) is 0 Å². The van der Waals surface area contributed by atoms with Crippen LogP contribution in [0.4, 0.5) is 24.7 Å². The Morgan fingerprint density at radius 3 is 2.58 bits per heavy atom. The topological polar surface area (TPSA) is 68.5 Å². The molecule has 1 atom stereocenters. The van der Waals surface area contributed by atoms with Crippen molar-refractivity contribution in [2.75, 3.05) is 24.6 Å². The van der Waals surface area contributed by atoms with E-state index in [4.69, 9.17) is 16.3 Å². The van der Waals surface area contributed by atoms with E-state index < -0.39 is 22.8 Å². The zero-order valence-corrected chi connectivity index (χ0v) is 14.0. The maximum atomic E-state index is 12.7. The summed E-state index contributed by atoms with van der Waals surface area (Å²) in [6.45, 7) is 1.10. The standard InChI is InChI=1S/C16H13ClF3N3O3/c17-13-7-12(23(24)25)8-21-15(13)22-5-6-26-14(9-22)10-1-3-11(4-2-10)16(18,19)20/h1-4,7-8,14H,5-6,9H2. The average molecular weight is 388 g/mol. The minimum Gasteiger partial charge on any atom is -0.370 e. The van der Waals surface area contributed by atoms with Gasteiger partial charge in [-0.3, -0.25) is 10.1 Å². The van der Waals surface area contributed by atoms with Crippen LogP contribution in [0.3, 0.4) is 0 Å². The number of morpholine rings is 1. The second-order valence-electron chi connectivity index (χ2n) is 5.68. The molecule has 1 aromatic carbocycles. The summed E-state index contributed by atoms with van der Waals surface area (Å²) in [5.41, 5.74) is -0.346. The molecule has 3 rings (SSSR count). The number of anilines is 1. The minimum absolute atomic E-state index is 0.132. The minimum atomic E-state index is -4.39. The van der Waals surface area contributed by atoms with Crippen molar-refractivity contribution in [3.8, 4) is 0 Å². The number of halogens is 4. The number of ether oxygens (including phenoxy) is 1. The summed E-state index contributed by atoms with van der Waals surface area (Å²) in [6, 6.07) is 5.99. The molecule has 6 nitrogen and oxygen atoms in total. The van der Waals surface area contributed by atoms with E-state index in [0.717, 1.165) is 18.3 Å². The highest BCUT2D eigenvalue weighted by molar-refractivity contribution is 6.33. The third-order valence-corrected chi connectivity index (χ3v) is 4.27. The van der Waals surface area contributed by atoms with Crippen LogP contribution < -0.4 is 4.90 Å². The van der Waals surface area contributed by atoms with Crippen LogP contribution in [0.25, 0.3) is 0 Å². The van der Waals surface area contributed by atoms with Gasteiger partial charge in [-0.25, -0.2) is 4.98 Å². The molecule has 138 valence electrons. The summed E-state index contributed by atoms with van der Waals surface area (Å²) in [7, 11) is 0. The first kappa shape index (κ1) is 18.4. The number of rotatable bonds is 3. The van der Waals surface area contributed by atoms with Gasteiger partial charge < -0.3 is 9.64 Å². The molecule has 1 fully saturated rings. The van der Waals surface area contributed by atoms with E-state index in [2.05, 4.69) is 4.98 Å². The fourth-order valence-electron chi connectivity index (χ4n) is 2.68. The second-order valence-corrected chi connectivity index (χ2v) is 6.09. The number of pyridine rings is 1. The van der Waals surface area contributed by atoms with E-state index >= 15 is 0 Å². The fraction of sp³-hybridized carbons (Fsp3) is 0.312. The smallest absolute Gasteiger partial charge is 0.370 e. The summed E-state index contributed by atoms with van der Waals surface area (Å²) in [5.74, 6) is 0.373. The van der Waals surface area contributed by atoms with Crippen molar-refractivity contribution in [3.63, 3.8) is 0 Å². The van der Waals surface area contributed by atoms with Gasteiger partial charge in [-0.1, -0.05) is 23.7 Å². The first-order valence-electron chi connectivity index (χ1n) is 7.59. The Kier molecular flexibility index (Phi) is 5.01.